The maximum absolute atomic E-state index is 13.3. The number of amides is 1. The van der Waals surface area contributed by atoms with E-state index in [1.165, 1.54) is 16.7 Å². The summed E-state index contributed by atoms with van der Waals surface area (Å²) in [6, 6.07) is 18.4. The van der Waals surface area contributed by atoms with E-state index in [0.717, 1.165) is 62.0 Å². The van der Waals surface area contributed by atoms with Crippen LogP contribution in [0.1, 0.15) is 47.9 Å². The number of hydrogen-bond donors (Lipinski definition) is 2. The van der Waals surface area contributed by atoms with Crippen molar-refractivity contribution < 1.29 is 9.53 Å². The fourth-order valence-corrected chi connectivity index (χ4v) is 6.44. The minimum atomic E-state index is -0.0535. The first-order valence-electron chi connectivity index (χ1n) is 13.9. The number of para-hydroxylation sites is 2. The Bertz CT molecular complexity index is 1520. The lowest BCUT2D eigenvalue weighted by molar-refractivity contribution is -0.123. The maximum Gasteiger partial charge on any atom is 0.326 e. The Kier molecular flexibility index (Phi) is 10.1. The van der Waals surface area contributed by atoms with Gasteiger partial charge in [0.1, 0.15) is 5.75 Å². The Morgan fingerprint density at radius 3 is 2.63 bits per heavy atom. The molecule has 218 valence electrons. The Balaban J connectivity index is 0.00000194. The summed E-state index contributed by atoms with van der Waals surface area (Å²) in [5.74, 6) is 1.11. The van der Waals surface area contributed by atoms with E-state index >= 15 is 0 Å². The van der Waals surface area contributed by atoms with Gasteiger partial charge in [-0.25, -0.2) is 4.79 Å². The molecule has 1 saturated heterocycles. The molecule has 1 amide bonds. The number of pyridine rings is 1. The zero-order valence-corrected chi connectivity index (χ0v) is 24.8. The lowest BCUT2D eigenvalue weighted by atomic mass is 9.76. The number of nitrogens with zero attached hydrogens (tertiary/aromatic N) is 3. The molecule has 0 unspecified atom stereocenters. The van der Waals surface area contributed by atoms with Crippen molar-refractivity contribution in [2.75, 3.05) is 26.7 Å². The summed E-state index contributed by atoms with van der Waals surface area (Å²) in [5.41, 5.74) is 5.51. The van der Waals surface area contributed by atoms with E-state index < -0.39 is 0 Å². The van der Waals surface area contributed by atoms with E-state index in [2.05, 4.69) is 38.4 Å². The molecule has 2 N–H and O–H groups in total. The van der Waals surface area contributed by atoms with Crippen LogP contribution in [0, 0.1) is 0 Å². The zero-order chi connectivity index (χ0) is 26.8. The summed E-state index contributed by atoms with van der Waals surface area (Å²) < 4.78 is 7.36. The number of rotatable bonds is 7. The lowest BCUT2D eigenvalue weighted by Gasteiger charge is -2.36. The first-order valence-corrected chi connectivity index (χ1v) is 13.9. The number of methoxy groups -OCH3 is 1. The van der Waals surface area contributed by atoms with Gasteiger partial charge in [-0.2, -0.15) is 0 Å². The molecular weight excluding hydrogens is 561 g/mol. The van der Waals surface area contributed by atoms with Crippen molar-refractivity contribution in [1.82, 2.24) is 24.8 Å². The molecule has 1 aliphatic carbocycles. The van der Waals surface area contributed by atoms with Crippen molar-refractivity contribution in [3.63, 3.8) is 0 Å². The Labute approximate surface area is 252 Å². The number of aryl methyl sites for hydroxylation is 1. The average molecular weight is 599 g/mol. The van der Waals surface area contributed by atoms with E-state index in [1.54, 1.807) is 13.3 Å². The largest absolute Gasteiger partial charge is 0.497 e. The van der Waals surface area contributed by atoms with Gasteiger partial charge in [0.15, 0.2) is 0 Å². The van der Waals surface area contributed by atoms with Crippen molar-refractivity contribution >= 4 is 41.8 Å². The first kappa shape index (κ1) is 30.6. The standard InChI is InChI=1S/C31H35N5O3.2ClH/c1-39-24-9-10-25-22(18-24)8-11-27(26(25)17-21-5-4-14-32-19-21)33-30(37)20-35-15-12-23(13-16-35)36-29-7-3-2-6-28(29)34-31(36)38;;/h2-7,9-10,14,18-19,23,26-27H,8,11-13,15-17,20H2,1H3,(H,33,37)(H,34,38);2*1H/t26-,27+;;/m0../s1. The van der Waals surface area contributed by atoms with Gasteiger partial charge in [-0.3, -0.25) is 19.2 Å². The molecule has 8 nitrogen and oxygen atoms in total. The number of fused-ring (bicyclic) bond motifs is 2. The molecule has 2 aromatic heterocycles. The number of imidazole rings is 1. The molecule has 4 aromatic rings. The summed E-state index contributed by atoms with van der Waals surface area (Å²) >= 11 is 0. The SMILES string of the molecule is COc1ccc2c(c1)CC[C@@H](NC(=O)CN1CCC(n3c(=O)[nH]c4ccccc43)CC1)[C@H]2Cc1cccnc1.Cl.Cl. The number of nitrogens with one attached hydrogen (secondary N) is 2. The highest BCUT2D eigenvalue weighted by Crippen LogP contribution is 2.36. The Hall–Kier alpha value is -3.33. The van der Waals surface area contributed by atoms with Crippen LogP contribution >= 0.6 is 24.8 Å². The van der Waals surface area contributed by atoms with Gasteiger partial charge in [-0.1, -0.05) is 24.3 Å². The van der Waals surface area contributed by atoms with Crippen LogP contribution < -0.4 is 15.7 Å². The van der Waals surface area contributed by atoms with Crippen molar-refractivity contribution in [2.24, 2.45) is 0 Å². The molecule has 2 atom stereocenters. The van der Waals surface area contributed by atoms with Gasteiger partial charge < -0.3 is 15.0 Å². The second-order valence-corrected chi connectivity index (χ2v) is 10.8. The number of H-pyrrole nitrogens is 1. The fraction of sp³-hybridized carbons (Fsp3) is 0.387. The third-order valence-electron chi connectivity index (χ3n) is 8.40. The molecule has 0 saturated carbocycles. The van der Waals surface area contributed by atoms with E-state index in [9.17, 15) is 9.59 Å². The number of carbonyl (C=O) groups is 1. The number of halogens is 2. The monoisotopic (exact) mass is 597 g/mol. The summed E-state index contributed by atoms with van der Waals surface area (Å²) in [4.78, 5) is 35.4. The minimum Gasteiger partial charge on any atom is -0.497 e. The van der Waals surface area contributed by atoms with Crippen LogP contribution in [0.15, 0.2) is 71.8 Å². The molecule has 1 fully saturated rings. The highest BCUT2D eigenvalue weighted by Gasteiger charge is 2.32. The van der Waals surface area contributed by atoms with Crippen LogP contribution in [0.5, 0.6) is 5.75 Å². The Morgan fingerprint density at radius 2 is 1.88 bits per heavy atom. The average Bonchev–Trinajstić information content (AvgIpc) is 3.30. The number of ether oxygens (including phenoxy) is 1. The molecule has 2 aromatic carbocycles. The first-order chi connectivity index (χ1) is 19.1. The highest BCUT2D eigenvalue weighted by molar-refractivity contribution is 5.85. The number of hydrogen-bond acceptors (Lipinski definition) is 5. The normalized spacial score (nSPS) is 19.0. The summed E-state index contributed by atoms with van der Waals surface area (Å²) in [6.45, 7) is 1.95. The smallest absolute Gasteiger partial charge is 0.326 e. The number of likely N-dealkylation sites (tertiary alicyclic amines) is 1. The molecule has 0 spiro atoms. The lowest BCUT2D eigenvalue weighted by Crippen LogP contribution is -2.48. The van der Waals surface area contributed by atoms with E-state index in [4.69, 9.17) is 4.74 Å². The fourth-order valence-electron chi connectivity index (χ4n) is 6.44. The van der Waals surface area contributed by atoms with Gasteiger partial charge in [0.05, 0.1) is 24.7 Å². The van der Waals surface area contributed by atoms with E-state index in [-0.39, 0.29) is 54.4 Å². The predicted molar refractivity (Wildman–Crippen MR) is 166 cm³/mol. The zero-order valence-electron chi connectivity index (χ0n) is 23.1. The molecule has 0 radical (unpaired) electrons. The number of carbonyl (C=O) groups excluding carboxylic acids is 1. The molecule has 6 rings (SSSR count). The topological polar surface area (TPSA) is 92.2 Å². The van der Waals surface area contributed by atoms with E-state index in [1.807, 2.05) is 47.2 Å². The van der Waals surface area contributed by atoms with Gasteiger partial charge in [-0.05, 0) is 79.1 Å². The highest BCUT2D eigenvalue weighted by atomic mass is 35.5. The Morgan fingerprint density at radius 1 is 1.07 bits per heavy atom. The van der Waals surface area contributed by atoms with E-state index in [0.29, 0.717) is 6.54 Å². The second-order valence-electron chi connectivity index (χ2n) is 10.8. The van der Waals surface area contributed by atoms with Crippen LogP contribution in [-0.4, -0.2) is 58.1 Å². The molecule has 41 heavy (non-hydrogen) atoms. The molecule has 3 heterocycles. The minimum absolute atomic E-state index is 0. The van der Waals surface area contributed by atoms with Crippen molar-refractivity contribution in [3.8, 4) is 5.75 Å². The van der Waals surface area contributed by atoms with Gasteiger partial charge in [0, 0.05) is 43.5 Å². The van der Waals surface area contributed by atoms with Crippen LogP contribution in [0.3, 0.4) is 0 Å². The van der Waals surface area contributed by atoms with Gasteiger partial charge in [0.25, 0.3) is 0 Å². The quantitative estimate of drug-likeness (QED) is 0.323. The molecule has 0 bridgehead atoms. The third kappa shape index (κ3) is 6.61. The van der Waals surface area contributed by atoms with Gasteiger partial charge in [-0.15, -0.1) is 24.8 Å². The summed E-state index contributed by atoms with van der Waals surface area (Å²) in [6.07, 6.45) is 8.02. The van der Waals surface area contributed by atoms with Crippen molar-refractivity contribution in [2.45, 2.75) is 50.1 Å². The van der Waals surface area contributed by atoms with Crippen LogP contribution in [0.25, 0.3) is 11.0 Å². The molecule has 2 aliphatic rings. The number of aromatic nitrogens is 3. The second kappa shape index (κ2) is 13.6. The summed E-state index contributed by atoms with van der Waals surface area (Å²) in [5, 5.41) is 3.39. The van der Waals surface area contributed by atoms with Crippen LogP contribution in [0.2, 0.25) is 0 Å². The number of piperidine rings is 1. The molecular formula is C31H37Cl2N5O3. The van der Waals surface area contributed by atoms with Crippen molar-refractivity contribution in [3.05, 3.63) is 94.2 Å². The predicted octanol–water partition coefficient (Wildman–Crippen LogP) is 4.67. The number of benzene rings is 2. The summed E-state index contributed by atoms with van der Waals surface area (Å²) in [7, 11) is 1.70. The van der Waals surface area contributed by atoms with Crippen LogP contribution in [0.4, 0.5) is 0 Å². The maximum atomic E-state index is 13.3. The third-order valence-corrected chi connectivity index (χ3v) is 8.40. The number of aromatic amines is 1. The molecule has 1 aliphatic heterocycles. The van der Waals surface area contributed by atoms with Gasteiger partial charge >= 0.3 is 5.69 Å². The van der Waals surface area contributed by atoms with Crippen molar-refractivity contribution in [1.29, 1.82) is 0 Å². The van der Waals surface area contributed by atoms with Crippen LogP contribution in [-0.2, 0) is 17.6 Å². The molecule has 10 heteroatoms. The van der Waals surface area contributed by atoms with Gasteiger partial charge in [0.2, 0.25) is 5.91 Å².